The summed E-state index contributed by atoms with van der Waals surface area (Å²) in [6.45, 7) is 0.391. The summed E-state index contributed by atoms with van der Waals surface area (Å²) in [6.07, 6.45) is 0. The van der Waals surface area contributed by atoms with Crippen molar-refractivity contribution in [3.8, 4) is 0 Å². The van der Waals surface area contributed by atoms with Crippen LogP contribution in [0.5, 0.6) is 0 Å². The molecule has 6 N–H and O–H groups in total. The average molecular weight is 234 g/mol. The Kier molecular flexibility index (Phi) is 4.96. The van der Waals surface area contributed by atoms with Crippen LogP contribution in [0, 0.1) is 10.8 Å². The molecule has 0 fully saturated rings. The Hall–Kier alpha value is -1.27. The van der Waals surface area contributed by atoms with E-state index in [1.165, 1.54) is 16.2 Å². The predicted octanol–water partition coefficient (Wildman–Crippen LogP) is 0.759. The molecule has 1 heterocycles. The lowest BCUT2D eigenvalue weighted by atomic mass is 10.4. The Balaban J connectivity index is 0.00000169. The molecule has 7 heteroatoms. The summed E-state index contributed by atoms with van der Waals surface area (Å²) in [6, 6.07) is 3.81. The fourth-order valence-electron chi connectivity index (χ4n) is 0.858. The van der Waals surface area contributed by atoms with Crippen LogP contribution in [0.2, 0.25) is 0 Å². The zero-order valence-electron chi connectivity index (χ0n) is 7.36. The van der Waals surface area contributed by atoms with Gasteiger partial charge in [-0.05, 0) is 11.4 Å². The summed E-state index contributed by atoms with van der Waals surface area (Å²) in [5.41, 5.74) is 10.5. The predicted molar refractivity (Wildman–Crippen MR) is 60.9 cm³/mol. The molecular weight excluding hydrogens is 222 g/mol. The van der Waals surface area contributed by atoms with Crippen LogP contribution in [-0.4, -0.2) is 16.8 Å². The summed E-state index contributed by atoms with van der Waals surface area (Å²) >= 11 is 1.54. The highest BCUT2D eigenvalue weighted by molar-refractivity contribution is 7.09. The summed E-state index contributed by atoms with van der Waals surface area (Å²) in [4.78, 5) is 2.25. The molecule has 14 heavy (non-hydrogen) atoms. The molecule has 1 rings (SSSR count). The Morgan fingerprint density at radius 3 is 2.29 bits per heavy atom. The summed E-state index contributed by atoms with van der Waals surface area (Å²) in [7, 11) is 0. The van der Waals surface area contributed by atoms with Gasteiger partial charge in [0.1, 0.15) is 0 Å². The fraction of sp³-hybridized carbons (Fsp3) is 0.143. The van der Waals surface area contributed by atoms with E-state index in [0.717, 1.165) is 4.88 Å². The molecule has 0 bridgehead atoms. The van der Waals surface area contributed by atoms with Gasteiger partial charge in [0, 0.05) is 4.88 Å². The van der Waals surface area contributed by atoms with Gasteiger partial charge in [-0.2, -0.15) is 0 Å². The van der Waals surface area contributed by atoms with Crippen LogP contribution in [0.25, 0.3) is 0 Å². The molecule has 0 aliphatic heterocycles. The van der Waals surface area contributed by atoms with Crippen LogP contribution in [0.4, 0.5) is 0 Å². The first kappa shape index (κ1) is 12.7. The minimum Gasteiger partial charge on any atom is -0.370 e. The third kappa shape index (κ3) is 3.23. The van der Waals surface area contributed by atoms with E-state index < -0.39 is 0 Å². The number of halogens is 1. The maximum absolute atomic E-state index is 7.17. The molecule has 0 spiro atoms. The largest absolute Gasteiger partial charge is 0.370 e. The lowest BCUT2D eigenvalue weighted by molar-refractivity contribution is 0.588. The highest BCUT2D eigenvalue weighted by atomic mass is 35.5. The van der Waals surface area contributed by atoms with Crippen molar-refractivity contribution < 1.29 is 0 Å². The van der Waals surface area contributed by atoms with Crippen LogP contribution < -0.4 is 11.5 Å². The van der Waals surface area contributed by atoms with Crippen molar-refractivity contribution in [3.05, 3.63) is 22.4 Å². The molecular formula is C7H12ClN5S. The second-order valence-electron chi connectivity index (χ2n) is 2.44. The number of nitrogens with zero attached hydrogens (tertiary/aromatic N) is 1. The van der Waals surface area contributed by atoms with E-state index in [2.05, 4.69) is 0 Å². The van der Waals surface area contributed by atoms with Gasteiger partial charge in [0.15, 0.2) is 11.9 Å². The van der Waals surface area contributed by atoms with Crippen molar-refractivity contribution in [1.29, 1.82) is 10.8 Å². The number of nitrogens with two attached hydrogens (primary N) is 2. The maximum Gasteiger partial charge on any atom is 0.195 e. The van der Waals surface area contributed by atoms with Crippen LogP contribution in [0.15, 0.2) is 17.5 Å². The van der Waals surface area contributed by atoms with Gasteiger partial charge >= 0.3 is 0 Å². The van der Waals surface area contributed by atoms with Crippen molar-refractivity contribution >= 4 is 35.7 Å². The van der Waals surface area contributed by atoms with Crippen molar-refractivity contribution in [2.45, 2.75) is 6.54 Å². The normalized spacial score (nSPS) is 8.86. The SMILES string of the molecule is Cl.N=C(N)N(Cc1cccs1)C(=N)N. The first-order valence-electron chi connectivity index (χ1n) is 3.59. The van der Waals surface area contributed by atoms with Crippen molar-refractivity contribution in [1.82, 2.24) is 4.90 Å². The van der Waals surface area contributed by atoms with E-state index in [1.54, 1.807) is 0 Å². The van der Waals surface area contributed by atoms with Crippen LogP contribution in [0.1, 0.15) is 4.88 Å². The first-order chi connectivity index (χ1) is 6.11. The number of hydrogen-bond acceptors (Lipinski definition) is 3. The Labute approximate surface area is 92.1 Å². The topological polar surface area (TPSA) is 103 Å². The Morgan fingerprint density at radius 1 is 1.36 bits per heavy atom. The van der Waals surface area contributed by atoms with Gasteiger partial charge in [0.25, 0.3) is 0 Å². The molecule has 0 aliphatic carbocycles. The molecule has 0 unspecified atom stereocenters. The van der Waals surface area contributed by atoms with E-state index in [0.29, 0.717) is 6.54 Å². The zero-order valence-corrected chi connectivity index (χ0v) is 8.99. The molecule has 0 saturated carbocycles. The van der Waals surface area contributed by atoms with Gasteiger partial charge in [0.2, 0.25) is 0 Å². The van der Waals surface area contributed by atoms with Crippen LogP contribution >= 0.6 is 23.7 Å². The van der Waals surface area contributed by atoms with Gasteiger partial charge in [-0.3, -0.25) is 15.7 Å². The quantitative estimate of drug-likeness (QED) is 0.448. The molecule has 0 amide bonds. The van der Waals surface area contributed by atoms with Crippen LogP contribution in [0.3, 0.4) is 0 Å². The second-order valence-corrected chi connectivity index (χ2v) is 3.47. The number of guanidine groups is 2. The standard InChI is InChI=1S/C7H11N5S.ClH/c8-6(9)12(7(10)11)4-5-2-1-3-13-5;/h1-3H,4H2,(H3,8,9)(H3,10,11);1H. The van der Waals surface area contributed by atoms with Gasteiger partial charge in [0.05, 0.1) is 6.54 Å². The third-order valence-electron chi connectivity index (χ3n) is 1.48. The molecule has 78 valence electrons. The summed E-state index contributed by atoms with van der Waals surface area (Å²) in [5, 5.41) is 16.3. The number of rotatable bonds is 2. The molecule has 0 aliphatic rings. The van der Waals surface area contributed by atoms with E-state index in [4.69, 9.17) is 22.3 Å². The third-order valence-corrected chi connectivity index (χ3v) is 2.34. The van der Waals surface area contributed by atoms with E-state index >= 15 is 0 Å². The molecule has 0 saturated heterocycles. The van der Waals surface area contributed by atoms with E-state index in [-0.39, 0.29) is 24.3 Å². The number of thiophene rings is 1. The minimum atomic E-state index is -0.207. The van der Waals surface area contributed by atoms with Crippen molar-refractivity contribution in [2.75, 3.05) is 0 Å². The molecule has 1 aromatic heterocycles. The highest BCUT2D eigenvalue weighted by Gasteiger charge is 2.10. The number of hydrogen-bond donors (Lipinski definition) is 4. The van der Waals surface area contributed by atoms with Gasteiger partial charge in [-0.15, -0.1) is 23.7 Å². The second kappa shape index (κ2) is 5.46. The van der Waals surface area contributed by atoms with E-state index in [1.807, 2.05) is 17.5 Å². The van der Waals surface area contributed by atoms with Crippen LogP contribution in [-0.2, 0) is 6.54 Å². The molecule has 0 radical (unpaired) electrons. The molecule has 5 nitrogen and oxygen atoms in total. The zero-order chi connectivity index (χ0) is 9.84. The fourth-order valence-corrected chi connectivity index (χ4v) is 1.55. The van der Waals surface area contributed by atoms with E-state index in [9.17, 15) is 0 Å². The average Bonchev–Trinajstić information content (AvgIpc) is 2.50. The van der Waals surface area contributed by atoms with Gasteiger partial charge < -0.3 is 11.5 Å². The number of nitrogens with one attached hydrogen (secondary N) is 2. The minimum absolute atomic E-state index is 0. The lowest BCUT2D eigenvalue weighted by Gasteiger charge is -2.18. The molecule has 0 atom stereocenters. The summed E-state index contributed by atoms with van der Waals surface area (Å²) < 4.78 is 0. The smallest absolute Gasteiger partial charge is 0.195 e. The summed E-state index contributed by atoms with van der Waals surface area (Å²) in [5.74, 6) is -0.415. The molecule has 0 aromatic carbocycles. The maximum atomic E-state index is 7.17. The van der Waals surface area contributed by atoms with Crippen molar-refractivity contribution in [2.24, 2.45) is 11.5 Å². The van der Waals surface area contributed by atoms with Gasteiger partial charge in [-0.25, -0.2) is 0 Å². The van der Waals surface area contributed by atoms with Crippen molar-refractivity contribution in [3.63, 3.8) is 0 Å². The lowest BCUT2D eigenvalue weighted by Crippen LogP contribution is -2.44. The monoisotopic (exact) mass is 233 g/mol. The molecule has 1 aromatic rings. The van der Waals surface area contributed by atoms with Gasteiger partial charge in [-0.1, -0.05) is 6.07 Å². The Bertz CT molecular complexity index is 296. The Morgan fingerprint density at radius 2 is 1.93 bits per heavy atom. The highest BCUT2D eigenvalue weighted by Crippen LogP contribution is 2.10. The first-order valence-corrected chi connectivity index (χ1v) is 4.47.